The molecule has 5 atom stereocenters. The van der Waals surface area contributed by atoms with Crippen LogP contribution in [-0.4, -0.2) is 22.4 Å². The largest absolute Gasteiger partial charge is 0.460 e. The molecule has 51 heavy (non-hydrogen) atoms. The maximum Gasteiger partial charge on any atom is 0.306 e. The Morgan fingerprint density at radius 3 is 2.45 bits per heavy atom. The van der Waals surface area contributed by atoms with Gasteiger partial charge >= 0.3 is 5.97 Å². The summed E-state index contributed by atoms with van der Waals surface area (Å²) in [5.74, 6) is 0.943. The maximum absolute atomic E-state index is 13.0. The number of esters is 1. The summed E-state index contributed by atoms with van der Waals surface area (Å²) in [5, 5.41) is 13.4. The van der Waals surface area contributed by atoms with E-state index in [0.29, 0.717) is 44.8 Å². The number of nitrogens with zero attached hydrogens (tertiary/aromatic N) is 1. The van der Waals surface area contributed by atoms with Crippen molar-refractivity contribution in [3.05, 3.63) is 96.7 Å². The summed E-state index contributed by atoms with van der Waals surface area (Å²) in [5.41, 5.74) is 1.78. The molecule has 2 aliphatic rings. The minimum absolute atomic E-state index is 0.225. The first-order chi connectivity index (χ1) is 24.2. The van der Waals surface area contributed by atoms with Gasteiger partial charge in [0.1, 0.15) is 10.1 Å². The third kappa shape index (κ3) is 11.3. The van der Waals surface area contributed by atoms with E-state index in [1.54, 1.807) is 0 Å². The first-order valence-corrected chi connectivity index (χ1v) is 23.0. The SMILES string of the molecule is CSC(=S)S.Cc1ccsc1C1CC=C(c2ccc(C3SC(COC(=O)CCC(C)(C#N)C(C)(C)CC(c4ccccc4)C(C)C)=CC3C)s2)S1. The van der Waals surface area contributed by atoms with Crippen LogP contribution in [0, 0.1) is 40.9 Å². The van der Waals surface area contributed by atoms with E-state index in [2.05, 4.69) is 132 Å². The van der Waals surface area contributed by atoms with Crippen molar-refractivity contribution in [3.63, 3.8) is 0 Å². The second kappa shape index (κ2) is 19.2. The van der Waals surface area contributed by atoms with Crippen LogP contribution < -0.4 is 0 Å². The zero-order chi connectivity index (χ0) is 37.3. The summed E-state index contributed by atoms with van der Waals surface area (Å²) >= 11 is 17.4. The molecule has 0 aliphatic carbocycles. The lowest BCUT2D eigenvalue weighted by Gasteiger charge is -2.42. The monoisotopic (exact) mass is 813 g/mol. The van der Waals surface area contributed by atoms with Crippen LogP contribution in [0.15, 0.2) is 71.0 Å². The van der Waals surface area contributed by atoms with Crippen molar-refractivity contribution in [2.45, 2.75) is 90.6 Å². The molecule has 0 fully saturated rings. The molecular formula is C41H51NO2S7. The number of carbonyl (C=O) groups is 1. The highest BCUT2D eigenvalue weighted by molar-refractivity contribution is 8.41. The number of aryl methyl sites for hydroxylation is 1. The van der Waals surface area contributed by atoms with E-state index in [1.165, 1.54) is 42.4 Å². The number of ether oxygens (including phenoxy) is 1. The van der Waals surface area contributed by atoms with Crippen molar-refractivity contribution in [2.75, 3.05) is 12.9 Å². The van der Waals surface area contributed by atoms with Gasteiger partial charge in [0.05, 0.1) is 11.5 Å². The molecule has 2 aliphatic heterocycles. The molecule has 0 bridgehead atoms. The van der Waals surface area contributed by atoms with E-state index in [1.807, 2.05) is 65.4 Å². The molecule has 3 nitrogen and oxygen atoms in total. The molecule has 10 heteroatoms. The zero-order valence-electron chi connectivity index (χ0n) is 30.9. The van der Waals surface area contributed by atoms with E-state index in [-0.39, 0.29) is 17.8 Å². The first-order valence-electron chi connectivity index (χ1n) is 17.4. The van der Waals surface area contributed by atoms with Crippen molar-refractivity contribution in [1.82, 2.24) is 0 Å². The smallest absolute Gasteiger partial charge is 0.306 e. The Bertz CT molecular complexity index is 1730. The van der Waals surface area contributed by atoms with Crippen molar-refractivity contribution in [1.29, 1.82) is 5.26 Å². The third-order valence-corrected chi connectivity index (χ3v) is 17.2. The van der Waals surface area contributed by atoms with Gasteiger partial charge in [-0.25, -0.2) is 0 Å². The quantitative estimate of drug-likeness (QED) is 0.105. The molecule has 3 aromatic rings. The van der Waals surface area contributed by atoms with Gasteiger partial charge in [-0.1, -0.05) is 89.3 Å². The number of thiophene rings is 2. The number of thiocarbonyl (C=S) groups is 1. The minimum atomic E-state index is -0.651. The molecule has 5 rings (SSSR count). The molecule has 0 saturated heterocycles. The van der Waals surface area contributed by atoms with Crippen LogP contribution in [0.25, 0.3) is 4.91 Å². The number of benzene rings is 1. The van der Waals surface area contributed by atoms with E-state index in [9.17, 15) is 10.1 Å². The summed E-state index contributed by atoms with van der Waals surface area (Å²) in [7, 11) is 0. The Morgan fingerprint density at radius 2 is 1.84 bits per heavy atom. The number of nitriles is 1. The lowest BCUT2D eigenvalue weighted by molar-refractivity contribution is -0.143. The van der Waals surface area contributed by atoms with Crippen molar-refractivity contribution < 1.29 is 9.53 Å². The molecule has 0 amide bonds. The lowest BCUT2D eigenvalue weighted by atomic mass is 9.60. The zero-order valence-corrected chi connectivity index (χ0v) is 36.7. The average molecular weight is 814 g/mol. The van der Waals surface area contributed by atoms with Gasteiger partial charge < -0.3 is 4.74 Å². The third-order valence-electron chi connectivity index (χ3n) is 10.2. The number of rotatable bonds is 13. The molecular weight excluding hydrogens is 763 g/mol. The predicted molar refractivity (Wildman–Crippen MR) is 235 cm³/mol. The molecule has 0 saturated carbocycles. The summed E-state index contributed by atoms with van der Waals surface area (Å²) in [4.78, 5) is 19.7. The highest BCUT2D eigenvalue weighted by Crippen LogP contribution is 2.54. The van der Waals surface area contributed by atoms with Gasteiger partial charge in [-0.3, -0.25) is 4.79 Å². The Balaban J connectivity index is 0.00000109. The van der Waals surface area contributed by atoms with Crippen LogP contribution in [0.4, 0.5) is 0 Å². The first kappa shape index (κ1) is 42.3. The minimum Gasteiger partial charge on any atom is -0.460 e. The Kier molecular flexibility index (Phi) is 15.9. The number of hydrogen-bond donors (Lipinski definition) is 1. The summed E-state index contributed by atoms with van der Waals surface area (Å²) in [6.45, 7) is 15.7. The average Bonchev–Trinajstić information content (AvgIpc) is 3.93. The second-order valence-electron chi connectivity index (χ2n) is 14.5. The Hall–Kier alpha value is -1.45. The summed E-state index contributed by atoms with van der Waals surface area (Å²) in [6.07, 6.45) is 9.27. The van der Waals surface area contributed by atoms with Gasteiger partial charge in [0.15, 0.2) is 0 Å². The van der Waals surface area contributed by atoms with Crippen molar-refractivity contribution in [2.24, 2.45) is 22.7 Å². The fraction of sp³-hybridized carbons (Fsp3) is 0.488. The second-order valence-corrected chi connectivity index (χ2v) is 21.6. The normalized spacial score (nSPS) is 20.5. The molecule has 5 unspecified atom stereocenters. The molecule has 4 heterocycles. The highest BCUT2D eigenvalue weighted by Gasteiger charge is 2.43. The Morgan fingerprint density at radius 1 is 1.14 bits per heavy atom. The number of allylic oxidation sites excluding steroid dienone is 2. The Labute approximate surface area is 338 Å². The van der Waals surface area contributed by atoms with Gasteiger partial charge in [-0.05, 0) is 97.2 Å². The van der Waals surface area contributed by atoms with E-state index < -0.39 is 5.41 Å². The van der Waals surface area contributed by atoms with E-state index in [0.717, 1.165) is 17.7 Å². The van der Waals surface area contributed by atoms with Gasteiger partial charge in [0.25, 0.3) is 0 Å². The molecule has 0 radical (unpaired) electrons. The fourth-order valence-electron chi connectivity index (χ4n) is 6.56. The highest BCUT2D eigenvalue weighted by atomic mass is 32.2. The predicted octanol–water partition coefficient (Wildman–Crippen LogP) is 13.9. The molecule has 0 N–H and O–H groups in total. The molecule has 274 valence electrons. The molecule has 2 aromatic heterocycles. The van der Waals surface area contributed by atoms with Crippen LogP contribution in [0.1, 0.15) is 109 Å². The van der Waals surface area contributed by atoms with Crippen molar-refractivity contribution in [3.8, 4) is 6.07 Å². The lowest BCUT2D eigenvalue weighted by Crippen LogP contribution is -2.36. The van der Waals surface area contributed by atoms with Crippen LogP contribution in [-0.2, 0) is 9.53 Å². The van der Waals surface area contributed by atoms with Crippen molar-refractivity contribution >= 4 is 97.2 Å². The van der Waals surface area contributed by atoms with Gasteiger partial charge in [-0.2, -0.15) is 5.26 Å². The maximum atomic E-state index is 13.0. The van der Waals surface area contributed by atoms with Gasteiger partial charge in [-0.15, -0.1) is 70.6 Å². The van der Waals surface area contributed by atoms with E-state index in [4.69, 9.17) is 4.74 Å². The standard InChI is InChI=1S/C39H47NO2S4.C2H4S3/c1-25(2)30(28-11-9-8-10-12-28)22-38(5,6)39(7,24-40)19-17-35(41)42-23-29-21-27(4)37(44-29)34-16-14-32(46-34)31-13-15-33(45-31)36-26(3)18-20-43-36;1-5-2(3)4/h8-14,16,18,20-21,25,27,30,33,37H,15,17,19,22-23H2,1-7H3;1H3,(H,3,4). The summed E-state index contributed by atoms with van der Waals surface area (Å²) < 4.78 is 6.50. The van der Waals surface area contributed by atoms with Crippen LogP contribution in [0.3, 0.4) is 0 Å². The number of carbonyl (C=O) groups excluding carboxylic acids is 1. The number of thiol groups is 1. The molecule has 0 spiro atoms. The van der Waals surface area contributed by atoms with Crippen LogP contribution in [0.2, 0.25) is 0 Å². The van der Waals surface area contributed by atoms with E-state index >= 15 is 0 Å². The number of hydrogen-bond acceptors (Lipinski definition) is 9. The fourth-order valence-corrected chi connectivity index (χ4v) is 11.8. The molecule has 1 aromatic carbocycles. The van der Waals surface area contributed by atoms with Crippen LogP contribution >= 0.6 is 82.8 Å². The van der Waals surface area contributed by atoms with Gasteiger partial charge in [0.2, 0.25) is 0 Å². The number of thioether (sulfide) groups is 3. The van der Waals surface area contributed by atoms with Crippen LogP contribution in [0.5, 0.6) is 0 Å². The van der Waals surface area contributed by atoms with Gasteiger partial charge in [0, 0.05) is 41.4 Å². The summed E-state index contributed by atoms with van der Waals surface area (Å²) in [6, 6.07) is 20.0. The topological polar surface area (TPSA) is 50.1 Å².